The van der Waals surface area contributed by atoms with E-state index in [1.54, 1.807) is 40.1 Å². The van der Waals surface area contributed by atoms with Gasteiger partial charge >= 0.3 is 12.2 Å². The van der Waals surface area contributed by atoms with E-state index in [9.17, 15) is 14.0 Å². The molecule has 0 fully saturated rings. The third-order valence-electron chi connectivity index (χ3n) is 3.67. The molecule has 0 spiro atoms. The molecule has 0 saturated carbocycles. The van der Waals surface area contributed by atoms with E-state index in [1.165, 1.54) is 16.8 Å². The number of anilines is 1. The van der Waals surface area contributed by atoms with Gasteiger partial charge in [-0.15, -0.1) is 0 Å². The Hall–Kier alpha value is -2.62. The first-order chi connectivity index (χ1) is 12.9. The van der Waals surface area contributed by atoms with Crippen LogP contribution in [-0.4, -0.2) is 32.7 Å². The van der Waals surface area contributed by atoms with Gasteiger partial charge in [0.25, 0.3) is 0 Å². The van der Waals surface area contributed by atoms with Gasteiger partial charge < -0.3 is 15.2 Å². The molecule has 2 amide bonds. The number of alkyl carbamates (subject to hydrolysis) is 1. The topological polar surface area (TPSA) is 105 Å². The van der Waals surface area contributed by atoms with Crippen LogP contribution < -0.4 is 10.6 Å². The molecule has 2 aromatic rings. The zero-order valence-electron chi connectivity index (χ0n) is 15.9. The fourth-order valence-corrected chi connectivity index (χ4v) is 2.95. The first-order valence-corrected chi connectivity index (χ1v) is 9.16. The molecule has 152 valence electrons. The maximum atomic E-state index is 14.7. The Morgan fingerprint density at radius 1 is 1.32 bits per heavy atom. The van der Waals surface area contributed by atoms with Crippen LogP contribution in [0.15, 0.2) is 35.1 Å². The van der Waals surface area contributed by atoms with E-state index >= 15 is 0 Å². The van der Waals surface area contributed by atoms with E-state index in [-0.39, 0.29) is 17.8 Å². The molecule has 1 aromatic carbocycles. The van der Waals surface area contributed by atoms with Crippen LogP contribution in [0.3, 0.4) is 0 Å². The Morgan fingerprint density at radius 2 is 2.00 bits per heavy atom. The van der Waals surface area contributed by atoms with E-state index in [4.69, 9.17) is 9.84 Å². The Kier molecular flexibility index (Phi) is 6.33. The highest BCUT2D eigenvalue weighted by molar-refractivity contribution is 9.10. The summed E-state index contributed by atoms with van der Waals surface area (Å²) in [5.41, 5.74) is -1.78. The van der Waals surface area contributed by atoms with Gasteiger partial charge in [0.2, 0.25) is 0 Å². The summed E-state index contributed by atoms with van der Waals surface area (Å²) in [7, 11) is 0. The monoisotopic (exact) mass is 456 g/mol. The molecule has 1 unspecified atom stereocenters. The second kappa shape index (κ2) is 8.17. The number of carboxylic acid groups (broad SMARTS) is 1. The molecular weight excluding hydrogens is 435 g/mol. The first-order valence-electron chi connectivity index (χ1n) is 8.37. The van der Waals surface area contributed by atoms with Crippen molar-refractivity contribution in [1.29, 1.82) is 0 Å². The smallest absolute Gasteiger partial charge is 0.409 e. The lowest BCUT2D eigenvalue weighted by atomic mass is 9.91. The highest BCUT2D eigenvalue weighted by Crippen LogP contribution is 2.29. The number of nitrogens with zero attached hydrogens (tertiary/aromatic N) is 2. The van der Waals surface area contributed by atoms with Crippen LogP contribution in [0.25, 0.3) is 0 Å². The molecule has 1 heterocycles. The van der Waals surface area contributed by atoms with E-state index in [0.29, 0.717) is 4.47 Å². The van der Waals surface area contributed by atoms with Crippen molar-refractivity contribution in [3.05, 3.63) is 46.4 Å². The zero-order valence-corrected chi connectivity index (χ0v) is 17.5. The van der Waals surface area contributed by atoms with Crippen LogP contribution in [0.4, 0.5) is 19.7 Å². The van der Waals surface area contributed by atoms with Gasteiger partial charge in [-0.3, -0.25) is 10.00 Å². The predicted octanol–water partition coefficient (Wildman–Crippen LogP) is 4.31. The molecule has 10 heteroatoms. The number of rotatable bonds is 5. The van der Waals surface area contributed by atoms with Crippen molar-refractivity contribution in [3.63, 3.8) is 0 Å². The number of aromatic nitrogens is 2. The summed E-state index contributed by atoms with van der Waals surface area (Å²) >= 11 is 3.30. The van der Waals surface area contributed by atoms with Crippen LogP contribution >= 0.6 is 15.9 Å². The number of amides is 2. The highest BCUT2D eigenvalue weighted by Gasteiger charge is 2.34. The minimum Gasteiger partial charge on any atom is -0.465 e. The van der Waals surface area contributed by atoms with Crippen molar-refractivity contribution in [2.24, 2.45) is 0 Å². The molecule has 0 bridgehead atoms. The standard InChI is InChI=1S/C18H22BrFN4O4/c1-17(2,3)28-16(27)23-18(4,10-24-9-11(19)8-21-24)13-7-12(22-15(25)26)5-6-14(13)20/h5-9,22H,10H2,1-4H3,(H,23,27)(H,25,26). The quantitative estimate of drug-likeness (QED) is 0.621. The van der Waals surface area contributed by atoms with Crippen molar-refractivity contribution < 1.29 is 23.8 Å². The van der Waals surface area contributed by atoms with E-state index < -0.39 is 29.1 Å². The minimum atomic E-state index is -1.28. The van der Waals surface area contributed by atoms with Gasteiger partial charge in [0.1, 0.15) is 11.4 Å². The van der Waals surface area contributed by atoms with Gasteiger partial charge in [-0.25, -0.2) is 14.0 Å². The van der Waals surface area contributed by atoms with Crippen molar-refractivity contribution in [3.8, 4) is 0 Å². The molecule has 1 atom stereocenters. The summed E-state index contributed by atoms with van der Waals surface area (Å²) in [5.74, 6) is -0.610. The lowest BCUT2D eigenvalue weighted by Gasteiger charge is -2.33. The van der Waals surface area contributed by atoms with E-state index in [0.717, 1.165) is 6.07 Å². The predicted molar refractivity (Wildman–Crippen MR) is 105 cm³/mol. The summed E-state index contributed by atoms with van der Waals surface area (Å²) in [6.45, 7) is 6.83. The molecule has 0 saturated heterocycles. The van der Waals surface area contributed by atoms with Crippen molar-refractivity contribution in [2.45, 2.75) is 45.4 Å². The van der Waals surface area contributed by atoms with Crippen LogP contribution in [0.5, 0.6) is 0 Å². The largest absolute Gasteiger partial charge is 0.465 e. The van der Waals surface area contributed by atoms with Crippen molar-refractivity contribution >= 4 is 33.8 Å². The maximum absolute atomic E-state index is 14.7. The van der Waals surface area contributed by atoms with Gasteiger partial charge in [0, 0.05) is 17.4 Å². The molecule has 0 aliphatic heterocycles. The third-order valence-corrected chi connectivity index (χ3v) is 4.08. The molecule has 0 aliphatic carbocycles. The average molecular weight is 457 g/mol. The SMILES string of the molecule is CC(C)(C)OC(=O)NC(C)(Cn1cc(Br)cn1)c1cc(NC(=O)O)ccc1F. The second-order valence-corrected chi connectivity index (χ2v) is 8.36. The molecular formula is C18H22BrFN4O4. The maximum Gasteiger partial charge on any atom is 0.409 e. The Labute approximate surface area is 170 Å². The number of ether oxygens (including phenoxy) is 1. The second-order valence-electron chi connectivity index (χ2n) is 7.44. The molecule has 3 N–H and O–H groups in total. The molecule has 0 radical (unpaired) electrons. The normalized spacial score (nSPS) is 13.5. The molecule has 1 aromatic heterocycles. The lowest BCUT2D eigenvalue weighted by molar-refractivity contribution is 0.0446. The molecule has 2 rings (SSSR count). The summed E-state index contributed by atoms with van der Waals surface area (Å²) in [6.07, 6.45) is 1.21. The molecule has 8 nitrogen and oxygen atoms in total. The number of halogens is 2. The summed E-state index contributed by atoms with van der Waals surface area (Å²) in [4.78, 5) is 23.3. The van der Waals surface area contributed by atoms with E-state index in [2.05, 4.69) is 31.7 Å². The van der Waals surface area contributed by atoms with Crippen LogP contribution in [0, 0.1) is 5.82 Å². The molecule has 28 heavy (non-hydrogen) atoms. The zero-order chi connectivity index (χ0) is 21.1. The van der Waals surface area contributed by atoms with Crippen LogP contribution in [-0.2, 0) is 16.8 Å². The lowest BCUT2D eigenvalue weighted by Crippen LogP contribution is -2.49. The van der Waals surface area contributed by atoms with Gasteiger partial charge in [-0.2, -0.15) is 5.10 Å². The fraction of sp³-hybridized carbons (Fsp3) is 0.389. The average Bonchev–Trinajstić information content (AvgIpc) is 2.91. The van der Waals surface area contributed by atoms with Gasteiger partial charge in [-0.05, 0) is 61.8 Å². The third kappa shape index (κ3) is 5.95. The molecule has 0 aliphatic rings. The number of hydrogen-bond donors (Lipinski definition) is 3. The minimum absolute atomic E-state index is 0.0747. The number of carbonyl (C=O) groups excluding carboxylic acids is 1. The number of hydrogen-bond acceptors (Lipinski definition) is 4. The van der Waals surface area contributed by atoms with Gasteiger partial charge in [0.05, 0.1) is 22.8 Å². The number of benzene rings is 1. The summed E-state index contributed by atoms with van der Waals surface area (Å²) in [6, 6.07) is 3.76. The number of carbonyl (C=O) groups is 2. The summed E-state index contributed by atoms with van der Waals surface area (Å²) in [5, 5.41) is 18.0. The number of nitrogens with one attached hydrogen (secondary N) is 2. The fourth-order valence-electron chi connectivity index (χ4n) is 2.62. The summed E-state index contributed by atoms with van der Waals surface area (Å²) < 4.78 is 22.2. The Balaban J connectivity index is 2.45. The van der Waals surface area contributed by atoms with Gasteiger partial charge in [-0.1, -0.05) is 0 Å². The Bertz CT molecular complexity index is 881. The van der Waals surface area contributed by atoms with Crippen molar-refractivity contribution in [1.82, 2.24) is 15.1 Å². The van der Waals surface area contributed by atoms with Crippen LogP contribution in [0.1, 0.15) is 33.3 Å². The van der Waals surface area contributed by atoms with E-state index in [1.807, 2.05) is 0 Å². The van der Waals surface area contributed by atoms with Gasteiger partial charge in [0.15, 0.2) is 0 Å². The van der Waals surface area contributed by atoms with Crippen molar-refractivity contribution in [2.75, 3.05) is 5.32 Å². The Morgan fingerprint density at radius 3 is 2.54 bits per heavy atom. The highest BCUT2D eigenvalue weighted by atomic mass is 79.9. The van der Waals surface area contributed by atoms with Crippen LogP contribution in [0.2, 0.25) is 0 Å². The first kappa shape index (κ1) is 21.7.